The molecule has 104 valence electrons. The van der Waals surface area contributed by atoms with Gasteiger partial charge in [-0.3, -0.25) is 9.69 Å². The van der Waals surface area contributed by atoms with E-state index in [1.54, 1.807) is 13.0 Å². The van der Waals surface area contributed by atoms with Crippen LogP contribution in [0.25, 0.3) is 0 Å². The Kier molecular flexibility index (Phi) is 3.31. The molecular formula is C14H15FN4O. The SMILES string of the molecule is Cc1nc2c(c(=O)[nH]1)CN(Cc1ccc(F)nc1)CC2. The van der Waals surface area contributed by atoms with Crippen molar-refractivity contribution >= 4 is 0 Å². The van der Waals surface area contributed by atoms with Crippen LogP contribution in [-0.2, 0) is 19.5 Å². The molecule has 5 nitrogen and oxygen atoms in total. The van der Waals surface area contributed by atoms with Gasteiger partial charge in [0.2, 0.25) is 5.95 Å². The van der Waals surface area contributed by atoms with Gasteiger partial charge in [-0.15, -0.1) is 0 Å². The summed E-state index contributed by atoms with van der Waals surface area (Å²) >= 11 is 0. The predicted octanol–water partition coefficient (Wildman–Crippen LogP) is 1.17. The number of halogens is 1. The van der Waals surface area contributed by atoms with Crippen molar-refractivity contribution < 1.29 is 4.39 Å². The first-order chi connectivity index (χ1) is 9.61. The molecule has 3 heterocycles. The Hall–Kier alpha value is -2.08. The van der Waals surface area contributed by atoms with Gasteiger partial charge in [-0.2, -0.15) is 4.39 Å². The number of hydrogen-bond acceptors (Lipinski definition) is 4. The standard InChI is InChI=1S/C14H15FN4O/c1-9-17-12-4-5-19(8-11(12)14(20)18-9)7-10-2-3-13(15)16-6-10/h2-3,6H,4-5,7-8H2,1H3,(H,17,18,20). The summed E-state index contributed by atoms with van der Waals surface area (Å²) in [6.07, 6.45) is 2.29. The van der Waals surface area contributed by atoms with Crippen molar-refractivity contribution in [3.05, 3.63) is 57.3 Å². The zero-order valence-electron chi connectivity index (χ0n) is 11.2. The Morgan fingerprint density at radius 2 is 2.30 bits per heavy atom. The summed E-state index contributed by atoms with van der Waals surface area (Å²) in [5, 5.41) is 0. The summed E-state index contributed by atoms with van der Waals surface area (Å²) in [6.45, 7) is 3.84. The van der Waals surface area contributed by atoms with Gasteiger partial charge in [0.05, 0.1) is 11.3 Å². The number of H-pyrrole nitrogens is 1. The highest BCUT2D eigenvalue weighted by Crippen LogP contribution is 2.16. The molecule has 6 heteroatoms. The van der Waals surface area contributed by atoms with Gasteiger partial charge in [-0.25, -0.2) is 9.97 Å². The van der Waals surface area contributed by atoms with E-state index in [1.807, 2.05) is 0 Å². The Labute approximate surface area is 115 Å². The van der Waals surface area contributed by atoms with Crippen LogP contribution in [0.1, 0.15) is 22.6 Å². The lowest BCUT2D eigenvalue weighted by Gasteiger charge is -2.27. The van der Waals surface area contributed by atoms with Crippen LogP contribution in [0.4, 0.5) is 4.39 Å². The Morgan fingerprint density at radius 3 is 3.05 bits per heavy atom. The summed E-state index contributed by atoms with van der Waals surface area (Å²) in [4.78, 5) is 24.8. The summed E-state index contributed by atoms with van der Waals surface area (Å²) in [6, 6.07) is 3.07. The molecule has 20 heavy (non-hydrogen) atoms. The van der Waals surface area contributed by atoms with Crippen molar-refractivity contribution in [1.82, 2.24) is 19.9 Å². The Bertz CT molecular complexity index is 681. The third-order valence-corrected chi connectivity index (χ3v) is 3.46. The normalized spacial score (nSPS) is 15.1. The minimum atomic E-state index is -0.478. The minimum Gasteiger partial charge on any atom is -0.310 e. The third kappa shape index (κ3) is 2.60. The van der Waals surface area contributed by atoms with E-state index in [-0.39, 0.29) is 5.56 Å². The first-order valence-corrected chi connectivity index (χ1v) is 6.53. The minimum absolute atomic E-state index is 0.0607. The molecule has 1 N–H and O–H groups in total. The van der Waals surface area contributed by atoms with E-state index < -0.39 is 5.95 Å². The van der Waals surface area contributed by atoms with E-state index >= 15 is 0 Å². The topological polar surface area (TPSA) is 61.9 Å². The zero-order valence-corrected chi connectivity index (χ0v) is 11.2. The number of hydrogen-bond donors (Lipinski definition) is 1. The molecular weight excluding hydrogens is 259 g/mol. The van der Waals surface area contributed by atoms with E-state index in [0.717, 1.165) is 29.8 Å². The first-order valence-electron chi connectivity index (χ1n) is 6.53. The largest absolute Gasteiger partial charge is 0.310 e. The van der Waals surface area contributed by atoms with Gasteiger partial charge in [0.25, 0.3) is 5.56 Å². The second-order valence-electron chi connectivity index (χ2n) is 5.03. The summed E-state index contributed by atoms with van der Waals surface area (Å²) < 4.78 is 12.8. The zero-order chi connectivity index (χ0) is 14.1. The third-order valence-electron chi connectivity index (χ3n) is 3.46. The maximum atomic E-state index is 12.8. The molecule has 2 aromatic rings. The van der Waals surface area contributed by atoms with Gasteiger partial charge in [0.15, 0.2) is 0 Å². The van der Waals surface area contributed by atoms with Crippen molar-refractivity contribution in [3.63, 3.8) is 0 Å². The van der Waals surface area contributed by atoms with Gasteiger partial charge >= 0.3 is 0 Å². The lowest BCUT2D eigenvalue weighted by molar-refractivity contribution is 0.241. The van der Waals surface area contributed by atoms with Crippen molar-refractivity contribution in [3.8, 4) is 0 Å². The molecule has 0 aromatic carbocycles. The Morgan fingerprint density at radius 1 is 1.45 bits per heavy atom. The fourth-order valence-corrected chi connectivity index (χ4v) is 2.50. The number of nitrogens with zero attached hydrogens (tertiary/aromatic N) is 3. The maximum Gasteiger partial charge on any atom is 0.255 e. The molecule has 1 aliphatic heterocycles. The van der Waals surface area contributed by atoms with E-state index in [1.165, 1.54) is 12.3 Å². The molecule has 0 fully saturated rings. The molecule has 0 atom stereocenters. The molecule has 0 aliphatic carbocycles. The maximum absolute atomic E-state index is 12.8. The lowest BCUT2D eigenvalue weighted by Crippen LogP contribution is -2.35. The van der Waals surface area contributed by atoms with Crippen LogP contribution >= 0.6 is 0 Å². The van der Waals surface area contributed by atoms with Crippen LogP contribution in [-0.4, -0.2) is 26.4 Å². The second kappa shape index (κ2) is 5.13. The van der Waals surface area contributed by atoms with Gasteiger partial charge in [0.1, 0.15) is 5.82 Å². The molecule has 0 saturated heterocycles. The number of fused-ring (bicyclic) bond motifs is 1. The van der Waals surface area contributed by atoms with Crippen molar-refractivity contribution in [2.75, 3.05) is 6.54 Å². The average molecular weight is 274 g/mol. The number of rotatable bonds is 2. The molecule has 0 bridgehead atoms. The number of aromatic amines is 1. The molecule has 1 aliphatic rings. The van der Waals surface area contributed by atoms with Gasteiger partial charge in [-0.1, -0.05) is 6.07 Å². The number of pyridine rings is 1. The summed E-state index contributed by atoms with van der Waals surface area (Å²) in [5.41, 5.74) is 2.50. The number of nitrogens with one attached hydrogen (secondary N) is 1. The fraction of sp³-hybridized carbons (Fsp3) is 0.357. The van der Waals surface area contributed by atoms with Crippen molar-refractivity contribution in [2.24, 2.45) is 0 Å². The van der Waals surface area contributed by atoms with Crippen LogP contribution in [0.15, 0.2) is 23.1 Å². The summed E-state index contributed by atoms with van der Waals surface area (Å²) in [7, 11) is 0. The summed E-state index contributed by atoms with van der Waals surface area (Å²) in [5.74, 6) is 0.179. The van der Waals surface area contributed by atoms with E-state index in [9.17, 15) is 9.18 Å². The fourth-order valence-electron chi connectivity index (χ4n) is 2.50. The van der Waals surface area contributed by atoms with Crippen LogP contribution in [0.5, 0.6) is 0 Å². The molecule has 0 spiro atoms. The van der Waals surface area contributed by atoms with Gasteiger partial charge in [-0.05, 0) is 18.6 Å². The van der Waals surface area contributed by atoms with Crippen LogP contribution in [0.2, 0.25) is 0 Å². The highest BCUT2D eigenvalue weighted by molar-refractivity contribution is 5.21. The average Bonchev–Trinajstić information content (AvgIpc) is 2.42. The quantitative estimate of drug-likeness (QED) is 0.835. The first kappa shape index (κ1) is 12.9. The second-order valence-corrected chi connectivity index (χ2v) is 5.03. The van der Waals surface area contributed by atoms with E-state index in [4.69, 9.17) is 0 Å². The van der Waals surface area contributed by atoms with E-state index in [0.29, 0.717) is 18.9 Å². The molecule has 0 amide bonds. The Balaban J connectivity index is 1.79. The smallest absolute Gasteiger partial charge is 0.255 e. The molecule has 0 radical (unpaired) electrons. The van der Waals surface area contributed by atoms with Crippen LogP contribution < -0.4 is 5.56 Å². The van der Waals surface area contributed by atoms with Crippen molar-refractivity contribution in [1.29, 1.82) is 0 Å². The molecule has 2 aromatic heterocycles. The molecule has 0 saturated carbocycles. The predicted molar refractivity (Wildman–Crippen MR) is 71.6 cm³/mol. The molecule has 0 unspecified atom stereocenters. The van der Waals surface area contributed by atoms with Gasteiger partial charge in [0, 0.05) is 32.3 Å². The number of aromatic nitrogens is 3. The van der Waals surface area contributed by atoms with Gasteiger partial charge < -0.3 is 4.98 Å². The van der Waals surface area contributed by atoms with Crippen molar-refractivity contribution in [2.45, 2.75) is 26.4 Å². The number of aryl methyl sites for hydroxylation is 1. The highest BCUT2D eigenvalue weighted by Gasteiger charge is 2.20. The van der Waals surface area contributed by atoms with Crippen LogP contribution in [0, 0.1) is 12.9 Å². The monoisotopic (exact) mass is 274 g/mol. The van der Waals surface area contributed by atoms with E-state index in [2.05, 4.69) is 19.9 Å². The highest BCUT2D eigenvalue weighted by atomic mass is 19.1. The van der Waals surface area contributed by atoms with Crippen LogP contribution in [0.3, 0.4) is 0 Å². The lowest BCUT2D eigenvalue weighted by atomic mass is 10.1. The molecule has 3 rings (SSSR count).